The van der Waals surface area contributed by atoms with Crippen LogP contribution in [-0.2, 0) is 11.2 Å². The van der Waals surface area contributed by atoms with E-state index in [1.807, 2.05) is 48.7 Å². The van der Waals surface area contributed by atoms with Gasteiger partial charge in [-0.1, -0.05) is 6.07 Å². The molecule has 0 N–H and O–H groups in total. The number of hydrogen-bond acceptors (Lipinski definition) is 3. The summed E-state index contributed by atoms with van der Waals surface area (Å²) < 4.78 is 7.69. The Hall–Kier alpha value is -2.56. The third-order valence-corrected chi connectivity index (χ3v) is 3.66. The summed E-state index contributed by atoms with van der Waals surface area (Å²) in [6.07, 6.45) is 2.28. The van der Waals surface area contributed by atoms with Crippen LogP contribution in [0, 0.1) is 13.8 Å². The summed E-state index contributed by atoms with van der Waals surface area (Å²) in [5.41, 5.74) is 3.52. The minimum absolute atomic E-state index is 0.0350. The van der Waals surface area contributed by atoms with Crippen LogP contribution in [0.4, 0.5) is 0 Å². The second-order valence-corrected chi connectivity index (χ2v) is 5.72. The molecule has 3 aromatic heterocycles. The highest BCUT2D eigenvalue weighted by Crippen LogP contribution is 2.27. The van der Waals surface area contributed by atoms with Gasteiger partial charge in [0.05, 0.1) is 12.1 Å². The van der Waals surface area contributed by atoms with E-state index in [-0.39, 0.29) is 12.3 Å². The van der Waals surface area contributed by atoms with Gasteiger partial charge in [0, 0.05) is 20.3 Å². The lowest BCUT2D eigenvalue weighted by Crippen LogP contribution is -2.24. The Labute approximate surface area is 129 Å². The Morgan fingerprint density at radius 2 is 2.00 bits per heavy atom. The SMILES string of the molecule is Cc1ccc2nc(-c3ccc(C)o3)c(CC(=O)N(C)C)n2c1. The molecule has 1 amide bonds. The number of pyridine rings is 1. The molecule has 114 valence electrons. The number of imidazole rings is 1. The predicted molar refractivity (Wildman–Crippen MR) is 84.8 cm³/mol. The van der Waals surface area contributed by atoms with Crippen LogP contribution >= 0.6 is 0 Å². The maximum Gasteiger partial charge on any atom is 0.228 e. The molecule has 0 atom stereocenters. The minimum Gasteiger partial charge on any atom is -0.460 e. The number of fused-ring (bicyclic) bond motifs is 1. The molecule has 0 aliphatic rings. The minimum atomic E-state index is 0.0350. The molecule has 22 heavy (non-hydrogen) atoms. The standard InChI is InChI=1S/C17H19N3O2/c1-11-5-8-15-18-17(14-7-6-12(2)22-14)13(20(15)10-11)9-16(21)19(3)4/h5-8,10H,9H2,1-4H3. The normalized spacial score (nSPS) is 11.1. The molecule has 0 saturated carbocycles. The van der Waals surface area contributed by atoms with Crippen molar-refractivity contribution in [2.75, 3.05) is 14.1 Å². The molecule has 0 fully saturated rings. The Morgan fingerprint density at radius 3 is 2.64 bits per heavy atom. The Morgan fingerprint density at radius 1 is 1.23 bits per heavy atom. The second-order valence-electron chi connectivity index (χ2n) is 5.72. The van der Waals surface area contributed by atoms with Gasteiger partial charge in [0.2, 0.25) is 5.91 Å². The van der Waals surface area contributed by atoms with Crippen molar-refractivity contribution in [3.05, 3.63) is 47.5 Å². The first-order valence-corrected chi connectivity index (χ1v) is 7.20. The highest BCUT2D eigenvalue weighted by molar-refractivity contribution is 5.80. The van der Waals surface area contributed by atoms with Crippen molar-refractivity contribution in [3.8, 4) is 11.5 Å². The van der Waals surface area contributed by atoms with Crippen LogP contribution in [0.2, 0.25) is 0 Å². The van der Waals surface area contributed by atoms with Crippen molar-refractivity contribution < 1.29 is 9.21 Å². The fraction of sp³-hybridized carbons (Fsp3) is 0.294. The Balaban J connectivity index is 2.19. The van der Waals surface area contributed by atoms with Gasteiger partial charge in [0.15, 0.2) is 5.76 Å². The van der Waals surface area contributed by atoms with Gasteiger partial charge in [-0.15, -0.1) is 0 Å². The van der Waals surface area contributed by atoms with Crippen LogP contribution in [0.25, 0.3) is 17.1 Å². The average molecular weight is 297 g/mol. The van der Waals surface area contributed by atoms with Crippen LogP contribution in [0.15, 0.2) is 34.9 Å². The number of amides is 1. The molecule has 5 nitrogen and oxygen atoms in total. The van der Waals surface area contributed by atoms with Gasteiger partial charge in [0.1, 0.15) is 17.1 Å². The topological polar surface area (TPSA) is 50.8 Å². The number of furan rings is 1. The lowest BCUT2D eigenvalue weighted by Gasteiger charge is -2.11. The third-order valence-electron chi connectivity index (χ3n) is 3.66. The van der Waals surface area contributed by atoms with Crippen molar-refractivity contribution in [1.29, 1.82) is 0 Å². The van der Waals surface area contributed by atoms with Crippen LogP contribution in [-0.4, -0.2) is 34.3 Å². The van der Waals surface area contributed by atoms with E-state index in [1.165, 1.54) is 0 Å². The van der Waals surface area contributed by atoms with E-state index in [0.717, 1.165) is 28.4 Å². The monoisotopic (exact) mass is 297 g/mol. The molecule has 0 bridgehead atoms. The average Bonchev–Trinajstić information content (AvgIpc) is 3.03. The molecule has 3 aromatic rings. The summed E-state index contributed by atoms with van der Waals surface area (Å²) >= 11 is 0. The molecule has 5 heteroatoms. The number of aromatic nitrogens is 2. The zero-order valence-corrected chi connectivity index (χ0v) is 13.3. The molecule has 0 saturated heterocycles. The van der Waals surface area contributed by atoms with Crippen LogP contribution < -0.4 is 0 Å². The van der Waals surface area contributed by atoms with Crippen molar-refractivity contribution in [1.82, 2.24) is 14.3 Å². The first-order chi connectivity index (χ1) is 10.5. The van der Waals surface area contributed by atoms with E-state index in [1.54, 1.807) is 19.0 Å². The first kappa shape index (κ1) is 14.4. The van der Waals surface area contributed by atoms with Crippen LogP contribution in [0.5, 0.6) is 0 Å². The van der Waals surface area contributed by atoms with Gasteiger partial charge in [-0.3, -0.25) is 4.79 Å². The molecule has 3 heterocycles. The van der Waals surface area contributed by atoms with Crippen molar-refractivity contribution in [2.45, 2.75) is 20.3 Å². The van der Waals surface area contributed by atoms with E-state index in [2.05, 4.69) is 4.98 Å². The number of carbonyl (C=O) groups excluding carboxylic acids is 1. The summed E-state index contributed by atoms with van der Waals surface area (Å²) in [5, 5.41) is 0. The molecule has 0 aromatic carbocycles. The summed E-state index contributed by atoms with van der Waals surface area (Å²) in [4.78, 5) is 18.4. The fourth-order valence-corrected chi connectivity index (χ4v) is 2.43. The lowest BCUT2D eigenvalue weighted by atomic mass is 10.2. The fourth-order valence-electron chi connectivity index (χ4n) is 2.43. The smallest absolute Gasteiger partial charge is 0.228 e. The van der Waals surface area contributed by atoms with Gasteiger partial charge in [-0.25, -0.2) is 4.98 Å². The quantitative estimate of drug-likeness (QED) is 0.747. The van der Waals surface area contributed by atoms with Crippen molar-refractivity contribution >= 4 is 11.6 Å². The summed E-state index contributed by atoms with van der Waals surface area (Å²) in [6, 6.07) is 7.77. The molecule has 0 spiro atoms. The number of hydrogen-bond donors (Lipinski definition) is 0. The molecule has 0 unspecified atom stereocenters. The summed E-state index contributed by atoms with van der Waals surface area (Å²) in [7, 11) is 3.51. The Kier molecular flexibility index (Phi) is 3.48. The number of rotatable bonds is 3. The highest BCUT2D eigenvalue weighted by atomic mass is 16.3. The van der Waals surface area contributed by atoms with E-state index >= 15 is 0 Å². The van der Waals surface area contributed by atoms with Crippen LogP contribution in [0.1, 0.15) is 17.0 Å². The van der Waals surface area contributed by atoms with Crippen molar-refractivity contribution in [2.24, 2.45) is 0 Å². The highest BCUT2D eigenvalue weighted by Gasteiger charge is 2.20. The zero-order valence-electron chi connectivity index (χ0n) is 13.3. The molecule has 0 radical (unpaired) electrons. The third kappa shape index (κ3) is 2.50. The van der Waals surface area contributed by atoms with Crippen LogP contribution in [0.3, 0.4) is 0 Å². The number of carbonyl (C=O) groups is 1. The first-order valence-electron chi connectivity index (χ1n) is 7.20. The lowest BCUT2D eigenvalue weighted by molar-refractivity contribution is -0.128. The van der Waals surface area contributed by atoms with Gasteiger partial charge < -0.3 is 13.7 Å². The van der Waals surface area contributed by atoms with Gasteiger partial charge >= 0.3 is 0 Å². The molecular formula is C17H19N3O2. The number of aryl methyl sites for hydroxylation is 2. The number of likely N-dealkylation sites (N-methyl/N-ethyl adjacent to an activating group) is 1. The van der Waals surface area contributed by atoms with E-state index in [9.17, 15) is 4.79 Å². The summed E-state index contributed by atoms with van der Waals surface area (Å²) in [5.74, 6) is 1.56. The Bertz CT molecular complexity index is 843. The van der Waals surface area contributed by atoms with Gasteiger partial charge in [-0.05, 0) is 37.6 Å². The van der Waals surface area contributed by atoms with Gasteiger partial charge in [-0.2, -0.15) is 0 Å². The predicted octanol–water partition coefficient (Wildman–Crippen LogP) is 2.84. The zero-order chi connectivity index (χ0) is 15.9. The second kappa shape index (κ2) is 5.33. The van der Waals surface area contributed by atoms with Gasteiger partial charge in [0.25, 0.3) is 0 Å². The van der Waals surface area contributed by atoms with Crippen molar-refractivity contribution in [3.63, 3.8) is 0 Å². The van der Waals surface area contributed by atoms with E-state index in [4.69, 9.17) is 4.42 Å². The summed E-state index contributed by atoms with van der Waals surface area (Å²) in [6.45, 7) is 3.92. The largest absolute Gasteiger partial charge is 0.460 e. The van der Waals surface area contributed by atoms with E-state index in [0.29, 0.717) is 5.76 Å². The number of nitrogens with zero attached hydrogens (tertiary/aromatic N) is 3. The maximum absolute atomic E-state index is 12.2. The molecular weight excluding hydrogens is 278 g/mol. The molecule has 3 rings (SSSR count). The molecule has 0 aliphatic carbocycles. The molecule has 0 aliphatic heterocycles. The van der Waals surface area contributed by atoms with E-state index < -0.39 is 0 Å². The maximum atomic E-state index is 12.2.